The standard InChI is InChI=1S/C10H20N2O2/c1-10(2,3)8(14-9(11)13)4-7-5-12-6-7/h7-8,12H,4-6H2,1-3H3,(H2,11,13). The molecule has 4 heteroatoms. The molecule has 1 aliphatic rings. The largest absolute Gasteiger partial charge is 0.446 e. The van der Waals surface area contributed by atoms with E-state index in [1.807, 2.05) is 0 Å². The molecule has 14 heavy (non-hydrogen) atoms. The van der Waals surface area contributed by atoms with E-state index < -0.39 is 6.09 Å². The lowest BCUT2D eigenvalue weighted by molar-refractivity contribution is 0.0149. The number of primary amides is 1. The first kappa shape index (κ1) is 11.3. The summed E-state index contributed by atoms with van der Waals surface area (Å²) in [6, 6.07) is 0. The Morgan fingerprint density at radius 1 is 1.57 bits per heavy atom. The number of amides is 1. The molecule has 0 aromatic rings. The van der Waals surface area contributed by atoms with Crippen molar-refractivity contribution in [3.63, 3.8) is 0 Å². The Labute approximate surface area is 85.2 Å². The second-order valence-corrected chi connectivity index (χ2v) is 5.05. The van der Waals surface area contributed by atoms with Crippen LogP contribution in [0.1, 0.15) is 27.2 Å². The zero-order valence-corrected chi connectivity index (χ0v) is 9.17. The zero-order valence-electron chi connectivity index (χ0n) is 9.17. The van der Waals surface area contributed by atoms with Crippen LogP contribution in [0.3, 0.4) is 0 Å². The molecule has 1 unspecified atom stereocenters. The fourth-order valence-corrected chi connectivity index (χ4v) is 1.54. The van der Waals surface area contributed by atoms with Crippen molar-refractivity contribution in [3.05, 3.63) is 0 Å². The highest BCUT2D eigenvalue weighted by Gasteiger charge is 2.32. The molecule has 1 heterocycles. The molecule has 0 aromatic carbocycles. The molecule has 1 saturated heterocycles. The average molecular weight is 200 g/mol. The van der Waals surface area contributed by atoms with Crippen molar-refractivity contribution in [1.82, 2.24) is 5.32 Å². The van der Waals surface area contributed by atoms with E-state index in [1.54, 1.807) is 0 Å². The summed E-state index contributed by atoms with van der Waals surface area (Å²) in [4.78, 5) is 10.7. The van der Waals surface area contributed by atoms with Crippen LogP contribution in [0.15, 0.2) is 0 Å². The molecule has 1 aliphatic heterocycles. The van der Waals surface area contributed by atoms with Gasteiger partial charge in [0.05, 0.1) is 0 Å². The van der Waals surface area contributed by atoms with Crippen molar-refractivity contribution in [3.8, 4) is 0 Å². The quantitative estimate of drug-likeness (QED) is 0.717. The van der Waals surface area contributed by atoms with E-state index in [0.717, 1.165) is 19.5 Å². The van der Waals surface area contributed by atoms with Crippen LogP contribution < -0.4 is 11.1 Å². The van der Waals surface area contributed by atoms with Crippen LogP contribution in [-0.4, -0.2) is 25.3 Å². The van der Waals surface area contributed by atoms with Crippen LogP contribution in [-0.2, 0) is 4.74 Å². The van der Waals surface area contributed by atoms with E-state index in [1.165, 1.54) is 0 Å². The first-order chi connectivity index (χ1) is 6.39. The molecule has 0 saturated carbocycles. The highest BCUT2D eigenvalue weighted by molar-refractivity contribution is 5.64. The predicted molar refractivity (Wildman–Crippen MR) is 54.9 cm³/mol. The van der Waals surface area contributed by atoms with Crippen molar-refractivity contribution in [2.75, 3.05) is 13.1 Å². The van der Waals surface area contributed by atoms with Crippen molar-refractivity contribution in [1.29, 1.82) is 0 Å². The van der Waals surface area contributed by atoms with Gasteiger partial charge in [0.2, 0.25) is 0 Å². The van der Waals surface area contributed by atoms with E-state index in [0.29, 0.717) is 5.92 Å². The predicted octanol–water partition coefficient (Wildman–Crippen LogP) is 1.11. The molecule has 0 spiro atoms. The number of hydrogen-bond acceptors (Lipinski definition) is 3. The summed E-state index contributed by atoms with van der Waals surface area (Å²) in [6.07, 6.45) is 0.156. The summed E-state index contributed by atoms with van der Waals surface area (Å²) < 4.78 is 5.13. The van der Waals surface area contributed by atoms with Gasteiger partial charge < -0.3 is 15.8 Å². The smallest absolute Gasteiger partial charge is 0.404 e. The van der Waals surface area contributed by atoms with Crippen molar-refractivity contribution < 1.29 is 9.53 Å². The third kappa shape index (κ3) is 3.18. The molecule has 0 radical (unpaired) electrons. The zero-order chi connectivity index (χ0) is 10.8. The molecule has 0 bridgehead atoms. The maximum Gasteiger partial charge on any atom is 0.404 e. The SMILES string of the molecule is CC(C)(C)C(CC1CNC1)OC(N)=O. The topological polar surface area (TPSA) is 64.3 Å². The third-order valence-electron chi connectivity index (χ3n) is 2.64. The number of carbonyl (C=O) groups is 1. The van der Waals surface area contributed by atoms with Crippen LogP contribution in [0.2, 0.25) is 0 Å². The Balaban J connectivity index is 2.47. The minimum Gasteiger partial charge on any atom is -0.446 e. The van der Waals surface area contributed by atoms with E-state index in [9.17, 15) is 4.79 Å². The minimum atomic E-state index is -0.669. The Morgan fingerprint density at radius 3 is 2.43 bits per heavy atom. The fraction of sp³-hybridized carbons (Fsp3) is 0.900. The lowest BCUT2D eigenvalue weighted by atomic mass is 9.82. The van der Waals surface area contributed by atoms with Gasteiger partial charge in [-0.1, -0.05) is 20.8 Å². The van der Waals surface area contributed by atoms with Crippen molar-refractivity contribution in [2.24, 2.45) is 17.1 Å². The van der Waals surface area contributed by atoms with Gasteiger partial charge >= 0.3 is 6.09 Å². The number of ether oxygens (including phenoxy) is 1. The molecule has 1 atom stereocenters. The average Bonchev–Trinajstić information content (AvgIpc) is 1.90. The lowest BCUT2D eigenvalue weighted by Crippen LogP contribution is -2.46. The van der Waals surface area contributed by atoms with Crippen molar-refractivity contribution >= 4 is 6.09 Å². The number of hydrogen-bond donors (Lipinski definition) is 2. The molecule has 0 aromatic heterocycles. The minimum absolute atomic E-state index is 0.0371. The van der Waals surface area contributed by atoms with E-state index >= 15 is 0 Å². The Bertz CT molecular complexity index is 207. The second kappa shape index (κ2) is 4.17. The Kier molecular flexibility index (Phi) is 3.37. The van der Waals surface area contributed by atoms with Crippen LogP contribution in [0.4, 0.5) is 4.79 Å². The highest BCUT2D eigenvalue weighted by Crippen LogP contribution is 2.28. The normalized spacial score (nSPS) is 19.9. The molecule has 1 rings (SSSR count). The van der Waals surface area contributed by atoms with Gasteiger partial charge in [0, 0.05) is 0 Å². The number of carbonyl (C=O) groups excluding carboxylic acids is 1. The van der Waals surface area contributed by atoms with Crippen LogP contribution >= 0.6 is 0 Å². The maximum atomic E-state index is 10.7. The summed E-state index contributed by atoms with van der Waals surface area (Å²) in [5.41, 5.74) is 5.01. The number of nitrogens with one attached hydrogen (secondary N) is 1. The van der Waals surface area contributed by atoms with Crippen LogP contribution in [0.25, 0.3) is 0 Å². The first-order valence-electron chi connectivity index (χ1n) is 5.06. The summed E-state index contributed by atoms with van der Waals surface area (Å²) in [6.45, 7) is 8.23. The number of rotatable bonds is 3. The highest BCUT2D eigenvalue weighted by atomic mass is 16.6. The molecular formula is C10H20N2O2. The van der Waals surface area contributed by atoms with Gasteiger partial charge in [0.15, 0.2) is 0 Å². The number of nitrogens with two attached hydrogens (primary N) is 1. The molecule has 4 nitrogen and oxygen atoms in total. The van der Waals surface area contributed by atoms with E-state index in [-0.39, 0.29) is 11.5 Å². The fourth-order valence-electron chi connectivity index (χ4n) is 1.54. The Morgan fingerprint density at radius 2 is 2.14 bits per heavy atom. The second-order valence-electron chi connectivity index (χ2n) is 5.05. The van der Waals surface area contributed by atoms with Crippen LogP contribution in [0.5, 0.6) is 0 Å². The summed E-state index contributed by atoms with van der Waals surface area (Å²) >= 11 is 0. The van der Waals surface area contributed by atoms with Gasteiger partial charge in [-0.15, -0.1) is 0 Å². The molecular weight excluding hydrogens is 180 g/mol. The maximum absolute atomic E-state index is 10.7. The summed E-state index contributed by atoms with van der Waals surface area (Å²) in [5, 5.41) is 3.20. The van der Waals surface area contributed by atoms with Gasteiger partial charge in [-0.25, -0.2) is 4.79 Å². The van der Waals surface area contributed by atoms with Gasteiger partial charge in [-0.3, -0.25) is 0 Å². The summed E-state index contributed by atoms with van der Waals surface area (Å²) in [7, 11) is 0. The molecule has 82 valence electrons. The molecule has 3 N–H and O–H groups in total. The third-order valence-corrected chi connectivity index (χ3v) is 2.64. The molecule has 1 fully saturated rings. The Hall–Kier alpha value is -0.770. The monoisotopic (exact) mass is 200 g/mol. The van der Waals surface area contributed by atoms with Crippen molar-refractivity contribution in [2.45, 2.75) is 33.3 Å². The molecule has 0 aliphatic carbocycles. The van der Waals surface area contributed by atoms with Crippen LogP contribution in [0, 0.1) is 11.3 Å². The van der Waals surface area contributed by atoms with Gasteiger partial charge in [0.25, 0.3) is 0 Å². The molecule has 1 amide bonds. The van der Waals surface area contributed by atoms with Gasteiger partial charge in [-0.05, 0) is 30.8 Å². The summed E-state index contributed by atoms with van der Waals surface area (Å²) in [5.74, 6) is 0.624. The first-order valence-corrected chi connectivity index (χ1v) is 5.06. The lowest BCUT2D eigenvalue weighted by Gasteiger charge is -2.36. The van der Waals surface area contributed by atoms with Gasteiger partial charge in [-0.2, -0.15) is 0 Å². The van der Waals surface area contributed by atoms with E-state index in [4.69, 9.17) is 10.5 Å². The van der Waals surface area contributed by atoms with E-state index in [2.05, 4.69) is 26.1 Å². The van der Waals surface area contributed by atoms with Gasteiger partial charge in [0.1, 0.15) is 6.10 Å².